The summed E-state index contributed by atoms with van der Waals surface area (Å²) in [4.78, 5) is 75.5. The Kier molecular flexibility index (Phi) is 13.4. The Morgan fingerprint density at radius 3 is 2.04 bits per heavy atom. The van der Waals surface area contributed by atoms with Crippen LogP contribution < -0.4 is 15.0 Å². The van der Waals surface area contributed by atoms with Gasteiger partial charge in [0.25, 0.3) is 17.7 Å². The fourth-order valence-electron chi connectivity index (χ4n) is 5.09. The fourth-order valence-corrected chi connectivity index (χ4v) is 5.09. The van der Waals surface area contributed by atoms with Gasteiger partial charge >= 0.3 is 0 Å². The normalized spacial score (nSPS) is 10.7. The van der Waals surface area contributed by atoms with Crippen molar-refractivity contribution in [1.29, 1.82) is 0 Å². The van der Waals surface area contributed by atoms with Crippen LogP contribution in [0.25, 0.3) is 17.0 Å². The molecule has 0 saturated carbocycles. The van der Waals surface area contributed by atoms with Crippen molar-refractivity contribution in [3.05, 3.63) is 106 Å². The molecule has 13 heteroatoms. The van der Waals surface area contributed by atoms with Gasteiger partial charge < -0.3 is 29.7 Å². The van der Waals surface area contributed by atoms with Gasteiger partial charge in [-0.15, -0.1) is 12.4 Å². The molecular formula is C38H43ClN6O6. The Bertz CT molecular complexity index is 1970. The number of anilines is 1. The van der Waals surface area contributed by atoms with E-state index >= 15 is 0 Å². The van der Waals surface area contributed by atoms with Gasteiger partial charge in [-0.3, -0.25) is 24.0 Å². The third-order valence-electron chi connectivity index (χ3n) is 7.88. The van der Waals surface area contributed by atoms with Crippen molar-refractivity contribution in [3.8, 4) is 5.75 Å². The molecule has 0 aliphatic carbocycles. The number of carbonyl (C=O) groups excluding carboxylic acids is 5. The molecule has 4 aromatic rings. The molecule has 4 rings (SSSR count). The van der Waals surface area contributed by atoms with Gasteiger partial charge in [-0.2, -0.15) is 0 Å². The second kappa shape index (κ2) is 17.3. The highest BCUT2D eigenvalue weighted by atomic mass is 35.5. The minimum atomic E-state index is -0.510. The first-order chi connectivity index (χ1) is 23.7. The summed E-state index contributed by atoms with van der Waals surface area (Å²) in [5.74, 6) is -1.46. The molecule has 0 spiro atoms. The lowest BCUT2D eigenvalue weighted by Crippen LogP contribution is -2.39. The number of hydrogen-bond donors (Lipinski definition) is 1. The number of amides is 5. The molecule has 0 bridgehead atoms. The Balaban J connectivity index is 0.00000702. The Labute approximate surface area is 304 Å². The lowest BCUT2D eigenvalue weighted by molar-refractivity contribution is -0.122. The van der Waals surface area contributed by atoms with Crippen molar-refractivity contribution < 1.29 is 28.7 Å². The van der Waals surface area contributed by atoms with Gasteiger partial charge in [-0.25, -0.2) is 4.98 Å². The molecule has 0 aliphatic heterocycles. The van der Waals surface area contributed by atoms with Gasteiger partial charge in [0.05, 0.1) is 17.8 Å². The van der Waals surface area contributed by atoms with E-state index in [2.05, 4.69) is 10.3 Å². The smallest absolute Gasteiger partial charge is 0.255 e. The molecule has 0 aliphatic rings. The zero-order valence-electron chi connectivity index (χ0n) is 30.0. The predicted molar refractivity (Wildman–Crippen MR) is 200 cm³/mol. The van der Waals surface area contributed by atoms with Gasteiger partial charge in [0, 0.05) is 83.2 Å². The van der Waals surface area contributed by atoms with E-state index in [9.17, 15) is 24.0 Å². The van der Waals surface area contributed by atoms with E-state index in [0.717, 1.165) is 11.1 Å². The number of rotatable bonds is 11. The number of halogens is 1. The summed E-state index contributed by atoms with van der Waals surface area (Å²) < 4.78 is 6.28. The zero-order valence-corrected chi connectivity index (χ0v) is 30.8. The van der Waals surface area contributed by atoms with Crippen LogP contribution in [0, 0.1) is 6.92 Å². The second-order valence-corrected chi connectivity index (χ2v) is 12.3. The van der Waals surface area contributed by atoms with Crippen LogP contribution >= 0.6 is 12.4 Å². The summed E-state index contributed by atoms with van der Waals surface area (Å²) in [5.41, 5.74) is 3.56. The number of nitrogens with zero attached hydrogens (tertiary/aromatic N) is 5. The number of hydrogen-bond acceptors (Lipinski definition) is 7. The predicted octanol–water partition coefficient (Wildman–Crippen LogP) is 4.44. The number of fused-ring (bicyclic) bond motifs is 1. The summed E-state index contributed by atoms with van der Waals surface area (Å²) in [7, 11) is 11.2. The van der Waals surface area contributed by atoms with E-state index in [-0.39, 0.29) is 54.2 Å². The topological polar surface area (TPSA) is 132 Å². The summed E-state index contributed by atoms with van der Waals surface area (Å²) in [6.45, 7) is 1.35. The molecule has 0 unspecified atom stereocenters. The van der Waals surface area contributed by atoms with Gasteiger partial charge in [-0.05, 0) is 55.0 Å². The minimum absolute atomic E-state index is 0. The molecule has 1 N–H and O–H groups in total. The molecule has 0 atom stereocenters. The maximum Gasteiger partial charge on any atom is 0.255 e. The molecule has 12 nitrogen and oxygen atoms in total. The Morgan fingerprint density at radius 2 is 1.41 bits per heavy atom. The fraction of sp³-hybridized carbons (Fsp3) is 0.263. The first-order valence-corrected chi connectivity index (χ1v) is 15.8. The molecule has 1 heterocycles. The Hall–Kier alpha value is -5.75. The van der Waals surface area contributed by atoms with Gasteiger partial charge in [0.2, 0.25) is 11.8 Å². The molecule has 0 saturated heterocycles. The minimum Gasteiger partial charge on any atom is -0.487 e. The molecule has 268 valence electrons. The second-order valence-electron chi connectivity index (χ2n) is 12.3. The van der Waals surface area contributed by atoms with Crippen molar-refractivity contribution >= 4 is 64.6 Å². The largest absolute Gasteiger partial charge is 0.487 e. The highest BCUT2D eigenvalue weighted by Crippen LogP contribution is 2.31. The molecule has 5 amide bonds. The van der Waals surface area contributed by atoms with Crippen LogP contribution in [0.5, 0.6) is 5.75 Å². The average molecular weight is 715 g/mol. The van der Waals surface area contributed by atoms with E-state index in [1.807, 2.05) is 31.2 Å². The third-order valence-corrected chi connectivity index (χ3v) is 7.88. The third kappa shape index (κ3) is 9.49. The summed E-state index contributed by atoms with van der Waals surface area (Å²) in [6, 6.07) is 19.2. The number of aryl methyl sites for hydroxylation is 1. The lowest BCUT2D eigenvalue weighted by Gasteiger charge is -2.26. The SMILES string of the molecule is Cc1ccc2cccc(OCc3c(C(=O)N(C)C)ccc(N(C)C(=O)CNC(=O)/C=C/c4ccc(C(=O)N(C)C)cc4)c3C(=O)N(C)C)c2n1.Cl. The molecule has 51 heavy (non-hydrogen) atoms. The highest BCUT2D eigenvalue weighted by Gasteiger charge is 2.28. The van der Waals surface area contributed by atoms with Crippen LogP contribution in [0.15, 0.2) is 72.8 Å². The van der Waals surface area contributed by atoms with Crippen LogP contribution in [-0.4, -0.2) is 105 Å². The van der Waals surface area contributed by atoms with E-state index < -0.39 is 17.7 Å². The van der Waals surface area contributed by atoms with Crippen LogP contribution in [-0.2, 0) is 16.2 Å². The quantitative estimate of drug-likeness (QED) is 0.227. The molecule has 3 aromatic carbocycles. The first kappa shape index (κ1) is 39.7. The molecule has 0 radical (unpaired) electrons. The number of likely N-dealkylation sites (N-methyl/N-ethyl adjacent to an activating group) is 1. The van der Waals surface area contributed by atoms with Crippen molar-refractivity contribution in [2.45, 2.75) is 13.5 Å². The van der Waals surface area contributed by atoms with Crippen molar-refractivity contribution in [3.63, 3.8) is 0 Å². The average Bonchev–Trinajstić information content (AvgIpc) is 3.10. The van der Waals surface area contributed by atoms with E-state index in [4.69, 9.17) is 4.74 Å². The molecular weight excluding hydrogens is 672 g/mol. The Morgan fingerprint density at radius 1 is 0.765 bits per heavy atom. The van der Waals surface area contributed by atoms with E-state index in [1.54, 1.807) is 90.8 Å². The summed E-state index contributed by atoms with van der Waals surface area (Å²) in [5, 5.41) is 3.45. The first-order valence-electron chi connectivity index (χ1n) is 15.8. The number of aromatic nitrogens is 1. The van der Waals surface area contributed by atoms with Crippen LogP contribution in [0.2, 0.25) is 0 Å². The van der Waals surface area contributed by atoms with Gasteiger partial charge in [0.15, 0.2) is 0 Å². The maximum atomic E-state index is 13.8. The lowest BCUT2D eigenvalue weighted by atomic mass is 9.96. The van der Waals surface area contributed by atoms with Gasteiger partial charge in [0.1, 0.15) is 17.9 Å². The van der Waals surface area contributed by atoms with Crippen molar-refractivity contribution in [2.75, 3.05) is 60.8 Å². The number of para-hydroxylation sites is 1. The van der Waals surface area contributed by atoms with E-state index in [0.29, 0.717) is 28.0 Å². The van der Waals surface area contributed by atoms with E-state index in [1.165, 1.54) is 32.7 Å². The zero-order chi connectivity index (χ0) is 36.7. The summed E-state index contributed by atoms with van der Waals surface area (Å²) >= 11 is 0. The maximum absolute atomic E-state index is 13.8. The number of pyridine rings is 1. The van der Waals surface area contributed by atoms with Crippen LogP contribution in [0.4, 0.5) is 5.69 Å². The highest BCUT2D eigenvalue weighted by molar-refractivity contribution is 6.09. The number of benzene rings is 3. The number of carbonyl (C=O) groups is 5. The summed E-state index contributed by atoms with van der Waals surface area (Å²) in [6.07, 6.45) is 2.86. The number of ether oxygens (including phenoxy) is 1. The van der Waals surface area contributed by atoms with Crippen LogP contribution in [0.1, 0.15) is 47.9 Å². The molecule has 1 aromatic heterocycles. The van der Waals surface area contributed by atoms with Crippen molar-refractivity contribution in [2.24, 2.45) is 0 Å². The molecule has 0 fully saturated rings. The monoisotopic (exact) mass is 714 g/mol. The van der Waals surface area contributed by atoms with Crippen molar-refractivity contribution in [1.82, 2.24) is 25.0 Å². The van der Waals surface area contributed by atoms with Crippen LogP contribution in [0.3, 0.4) is 0 Å². The number of nitrogens with one attached hydrogen (secondary N) is 1. The standard InChI is InChI=1S/C38H42N6O6.ClH/c1-24-12-16-26-10-9-11-31(35(26)40-24)50-23-29-28(37(48)42(4)5)19-20-30(34(29)38(49)43(6)7)44(8)33(46)22-39-32(45)21-15-25-13-17-27(18-14-25)36(47)41(2)3;/h9-21H,22-23H2,1-8H3,(H,39,45);1H/b21-15+;. The van der Waals surface area contributed by atoms with Gasteiger partial charge in [-0.1, -0.05) is 30.3 Å².